The summed E-state index contributed by atoms with van der Waals surface area (Å²) in [5, 5.41) is 55.2. The molecule has 0 spiro atoms. The summed E-state index contributed by atoms with van der Waals surface area (Å²) in [5.41, 5.74) is 14.4. The van der Waals surface area contributed by atoms with Gasteiger partial charge in [0.15, 0.2) is 32.7 Å². The van der Waals surface area contributed by atoms with Crippen LogP contribution in [0.5, 0.6) is 0 Å². The van der Waals surface area contributed by atoms with Crippen molar-refractivity contribution in [2.24, 2.45) is 5.11 Å². The van der Waals surface area contributed by atoms with Gasteiger partial charge in [0.2, 0.25) is 5.91 Å². The zero-order chi connectivity index (χ0) is 63.9. The third-order valence-corrected chi connectivity index (χ3v) is 35.0. The van der Waals surface area contributed by atoms with E-state index in [4.69, 9.17) is 48.9 Å². The molecule has 0 aliphatic carbocycles. The van der Waals surface area contributed by atoms with Crippen LogP contribution in [-0.4, -0.2) is 176 Å². The topological polar surface area (TPSA) is 497 Å². The van der Waals surface area contributed by atoms with Crippen molar-refractivity contribution >= 4 is 84.4 Å². The molecule has 2 radical (unpaired) electrons. The number of carbonyl (C=O) groups excluding carboxylic acids is 3. The zero-order valence-corrected chi connectivity index (χ0v) is 63.7. The third kappa shape index (κ3) is 45.2. The van der Waals surface area contributed by atoms with Gasteiger partial charge in [0, 0.05) is 114 Å². The molecule has 518 valence electrons. The summed E-state index contributed by atoms with van der Waals surface area (Å²) in [5.74, 6) is -0.345. The van der Waals surface area contributed by atoms with E-state index in [1.54, 1.807) is 54.4 Å². The van der Waals surface area contributed by atoms with Crippen molar-refractivity contribution in [3.8, 4) is 23.6 Å². The van der Waals surface area contributed by atoms with Crippen molar-refractivity contribution in [1.29, 1.82) is 0 Å². The number of ether oxygens (including phenoxy) is 1. The predicted molar refractivity (Wildman–Crippen MR) is 352 cm³/mol. The summed E-state index contributed by atoms with van der Waals surface area (Å²) in [4.78, 5) is 53.2. The van der Waals surface area contributed by atoms with E-state index in [1.165, 1.54) is 18.1 Å². The van der Waals surface area contributed by atoms with Crippen LogP contribution in [-0.2, 0) is 80.9 Å². The number of aliphatic hydroxyl groups is 3. The number of azide groups is 1. The number of nitrogens with zero attached hydrogens (tertiary/aromatic N) is 10. The first kappa shape index (κ1) is 98.8. The summed E-state index contributed by atoms with van der Waals surface area (Å²) in [6, 6.07) is 22.0. The molecular weight excluding hydrogens is 1430 g/mol. The number of rotatable bonds is 26. The van der Waals surface area contributed by atoms with Crippen LogP contribution < -0.4 is 40.0 Å². The maximum absolute atomic E-state index is 11.1. The number of amides is 1. The number of Topliss-reactive ketones (excluding diaryl/α,β-unsaturated/α-hetero) is 1. The Morgan fingerprint density at radius 1 is 0.837 bits per heavy atom. The standard InChI is InChI=1S/C23H34N6O2SSi2.C17H31N5OSSi2.C8H6.C6H8O6.2Cu.Na.H2O4S.4H2O/c1-19(30)24-12-9-13-33(2,3)31-34(4,5)18-32-23-25-14-20(15-26-23)16-29-17-22(27-28-29)21-10-7-6-8-11-21;1-15(23)8-6-7-9-25(2,3)14-26(4,5)13-24-17-19-10-16(11-20-17)12-21-22-18;1-2-8-6-4-3-5-7-8;7-1-2(8)5-3(9)4(10)6(11)12-5;;;;1-5(2,3)4;;;;/h6-8,10-11,14-15,17H,9,12-13,16,18H2,1-5H3,(H,24,30);10-11H,6-9,12-14H2,1-5H3;1,3-7H;2,5,7-10H,1H2;;;;(H2,1,2,3,4);4*1H2/q;;;;;;+1;;;;;/p-1/t;;;2-,5+;;;;;;;;/m...0......../s1. The van der Waals surface area contributed by atoms with Crippen molar-refractivity contribution in [2.45, 2.75) is 145 Å². The molecule has 6 rings (SSSR count). The summed E-state index contributed by atoms with van der Waals surface area (Å²) in [6.07, 6.45) is 15.2. The van der Waals surface area contributed by atoms with Gasteiger partial charge < -0.3 is 61.3 Å². The largest absolute Gasteiger partial charge is 1.00 e. The van der Waals surface area contributed by atoms with Crippen molar-refractivity contribution in [1.82, 2.24) is 40.2 Å². The van der Waals surface area contributed by atoms with Gasteiger partial charge in [-0.05, 0) is 86.4 Å². The van der Waals surface area contributed by atoms with E-state index in [2.05, 4.69) is 109 Å². The number of aromatic nitrogens is 7. The van der Waals surface area contributed by atoms with E-state index >= 15 is 0 Å². The minimum absolute atomic E-state index is 0. The molecule has 1 aliphatic rings. The third-order valence-electron chi connectivity index (χ3n) is 11.6. The van der Waals surface area contributed by atoms with E-state index in [-0.39, 0.29) is 91.5 Å². The van der Waals surface area contributed by atoms with Gasteiger partial charge in [-0.15, -0.1) is 11.5 Å². The monoisotopic (exact) mass is 1520 g/mol. The Kier molecular flexibility index (Phi) is 53.9. The minimum Gasteiger partial charge on any atom is -0.870 e. The Bertz CT molecular complexity index is 3110. The number of cyclic esters (lactones) is 1. The van der Waals surface area contributed by atoms with Gasteiger partial charge in [0.05, 0.1) is 34.0 Å². The molecule has 0 unspecified atom stereocenters. The number of esters is 1. The number of carbonyl (C=O) groups is 3. The zero-order valence-electron chi connectivity index (χ0n) is 53.4. The second-order valence-corrected chi connectivity index (χ2v) is 45.7. The van der Waals surface area contributed by atoms with Crippen LogP contribution in [0.3, 0.4) is 0 Å². The Morgan fingerprint density at radius 3 is 1.80 bits per heavy atom. The molecule has 38 heteroatoms. The van der Waals surface area contributed by atoms with Gasteiger partial charge in [0.25, 0.3) is 0 Å². The first-order valence-electron chi connectivity index (χ1n) is 26.9. The molecule has 28 nitrogen and oxygen atoms in total. The second kappa shape index (κ2) is 50.2. The maximum Gasteiger partial charge on any atom is 1.00 e. The van der Waals surface area contributed by atoms with E-state index < -0.39 is 79.5 Å². The molecule has 1 amide bonds. The molecule has 0 saturated carbocycles. The van der Waals surface area contributed by atoms with Crippen molar-refractivity contribution in [3.63, 3.8) is 0 Å². The molecule has 0 bridgehead atoms. The molecule has 4 heterocycles. The van der Waals surface area contributed by atoms with Crippen LogP contribution in [0.1, 0.15) is 56.2 Å². The van der Waals surface area contributed by atoms with Crippen LogP contribution in [0.25, 0.3) is 21.7 Å². The Hall–Kier alpha value is -4.24. The average Bonchev–Trinajstić information content (AvgIpc) is 1.74. The fourth-order valence-corrected chi connectivity index (χ4v) is 34.6. The van der Waals surface area contributed by atoms with Gasteiger partial charge in [0.1, 0.15) is 23.7 Å². The van der Waals surface area contributed by atoms with Gasteiger partial charge in [-0.2, -0.15) is 8.42 Å². The molecule has 5 aromatic rings. The number of nitrogens with one attached hydrogen (secondary N) is 1. The van der Waals surface area contributed by atoms with Gasteiger partial charge in [-0.1, -0.05) is 133 Å². The van der Waals surface area contributed by atoms with Gasteiger partial charge in [-0.3, -0.25) is 13.9 Å². The molecule has 2 aromatic carbocycles. The van der Waals surface area contributed by atoms with E-state index in [9.17, 15) is 19.5 Å². The number of unbranched alkanes of at least 4 members (excludes halogenated alkanes) is 1. The van der Waals surface area contributed by atoms with E-state index in [0.717, 1.165) is 74.3 Å². The summed E-state index contributed by atoms with van der Waals surface area (Å²) in [6.45, 7) is 23.0. The van der Waals surface area contributed by atoms with Crippen molar-refractivity contribution < 1.29 is 147 Å². The molecule has 0 fully saturated rings. The van der Waals surface area contributed by atoms with Crippen LogP contribution in [0.2, 0.25) is 70.1 Å². The van der Waals surface area contributed by atoms with Gasteiger partial charge in [-0.25, -0.2) is 29.4 Å². The number of aliphatic hydroxyl groups excluding tert-OH is 3. The Labute approximate surface area is 594 Å². The Morgan fingerprint density at radius 2 is 1.35 bits per heavy atom. The molecule has 2 atom stereocenters. The average molecular weight is 1520 g/mol. The van der Waals surface area contributed by atoms with Crippen molar-refractivity contribution in [2.75, 3.05) is 23.9 Å². The molecule has 3 aromatic heterocycles. The first-order chi connectivity index (χ1) is 39.8. The predicted octanol–water partition coefficient (Wildman–Crippen LogP) is 2.11. The SMILES string of the molecule is C#Cc1ccccc1.CC(=O)CCCC[Si](C)(C)C[Si](C)(C)CSc1ncc(CN=[N+]=[N-])cn1.CC(=O)NCCC[Si](C)(C)O[Si](C)(C)CSc1ncc(Cn2cc(-c3ccccc3)nn2)cn1.O.O.O.O.O=C1O[C@H]([C@@H](O)CO)C([O-])=C1O.O=S(=O)(O)O.[Cu].[Cu].[Na+]. The molecular formula is C54H88Cu2N11NaO17S3Si4. The number of terminal acetylenes is 1. The van der Waals surface area contributed by atoms with Crippen LogP contribution in [0.15, 0.2) is 119 Å². The second-order valence-electron chi connectivity index (χ2n) is 22.3. The molecule has 0 saturated heterocycles. The smallest absolute Gasteiger partial charge is 0.870 e. The first-order valence-corrected chi connectivity index (χ1v) is 43.3. The fraction of sp³-hybridized carbons (Fsp3) is 0.463. The normalized spacial score (nSPS) is 12.5. The number of hydrogen-bond acceptors (Lipinski definition) is 20. The summed E-state index contributed by atoms with van der Waals surface area (Å²) >= 11 is 3.41. The van der Waals surface area contributed by atoms with Crippen molar-refractivity contribution in [3.05, 3.63) is 130 Å². The molecule has 1 aliphatic heterocycles. The quantitative estimate of drug-likeness (QED) is 0.00441. The summed E-state index contributed by atoms with van der Waals surface area (Å²) < 4.78 is 44.3. The van der Waals surface area contributed by atoms with E-state index in [0.29, 0.717) is 25.4 Å². The molecule has 14 N–H and O–H groups in total. The fourth-order valence-electron chi connectivity index (χ4n) is 8.28. The maximum atomic E-state index is 11.1. The van der Waals surface area contributed by atoms with Crippen LogP contribution >= 0.6 is 23.5 Å². The van der Waals surface area contributed by atoms with Crippen LogP contribution in [0, 0.1) is 12.3 Å². The van der Waals surface area contributed by atoms with Gasteiger partial charge >= 0.3 is 45.9 Å². The van der Waals surface area contributed by atoms with E-state index in [1.807, 2.05) is 79.3 Å². The Balaban J connectivity index is -0.000000281. The number of hydrogen-bond donors (Lipinski definition) is 6. The number of ketones is 1. The van der Waals surface area contributed by atoms with Crippen LogP contribution in [0.4, 0.5) is 0 Å². The molecule has 92 heavy (non-hydrogen) atoms. The number of benzene rings is 2. The summed E-state index contributed by atoms with van der Waals surface area (Å²) in [7, 11) is -10.9. The minimum atomic E-state index is -4.67. The number of thioether (sulfide) groups is 2.